The number of carbonyl (C=O) groups excluding carboxylic acids is 3. The second kappa shape index (κ2) is 7.26. The summed E-state index contributed by atoms with van der Waals surface area (Å²) in [4.78, 5) is 40.1. The summed E-state index contributed by atoms with van der Waals surface area (Å²) < 4.78 is 0. The van der Waals surface area contributed by atoms with Gasteiger partial charge in [0, 0.05) is 38.8 Å². The standard InChI is InChI=1S/C17H23N3O3/c1-13-5-4-6-16(14(13)2)20(15(3)22)11-17(23)19-9-7-18(12-21)8-10-19/h4-6,12H,7-11H2,1-3H3. The molecule has 1 aromatic rings. The molecule has 6 heteroatoms. The zero-order valence-corrected chi connectivity index (χ0v) is 13.9. The van der Waals surface area contributed by atoms with Crippen LogP contribution in [0.1, 0.15) is 18.1 Å². The molecular weight excluding hydrogens is 294 g/mol. The fourth-order valence-corrected chi connectivity index (χ4v) is 2.71. The van der Waals surface area contributed by atoms with Crippen LogP contribution < -0.4 is 4.90 Å². The van der Waals surface area contributed by atoms with Gasteiger partial charge in [0.15, 0.2) is 0 Å². The number of amides is 3. The molecule has 1 saturated heterocycles. The van der Waals surface area contributed by atoms with Crippen molar-refractivity contribution in [2.45, 2.75) is 20.8 Å². The van der Waals surface area contributed by atoms with Crippen molar-refractivity contribution in [3.05, 3.63) is 29.3 Å². The summed E-state index contributed by atoms with van der Waals surface area (Å²) in [5, 5.41) is 0. The molecule has 1 aliphatic rings. The Hall–Kier alpha value is -2.37. The third-order valence-corrected chi connectivity index (χ3v) is 4.36. The van der Waals surface area contributed by atoms with Gasteiger partial charge in [-0.2, -0.15) is 0 Å². The summed E-state index contributed by atoms with van der Waals surface area (Å²) in [6, 6.07) is 5.74. The molecule has 6 nitrogen and oxygen atoms in total. The van der Waals surface area contributed by atoms with E-state index in [0.717, 1.165) is 23.2 Å². The Morgan fingerprint density at radius 1 is 1.17 bits per heavy atom. The molecule has 124 valence electrons. The first-order valence-electron chi connectivity index (χ1n) is 7.75. The maximum Gasteiger partial charge on any atom is 0.242 e. The lowest BCUT2D eigenvalue weighted by atomic mass is 10.1. The highest BCUT2D eigenvalue weighted by Gasteiger charge is 2.24. The van der Waals surface area contributed by atoms with E-state index in [2.05, 4.69) is 0 Å². The third kappa shape index (κ3) is 3.88. The van der Waals surface area contributed by atoms with Crippen molar-refractivity contribution in [1.82, 2.24) is 9.80 Å². The lowest BCUT2D eigenvalue weighted by Crippen LogP contribution is -2.51. The fourth-order valence-electron chi connectivity index (χ4n) is 2.71. The highest BCUT2D eigenvalue weighted by atomic mass is 16.2. The van der Waals surface area contributed by atoms with Crippen molar-refractivity contribution in [2.75, 3.05) is 37.6 Å². The number of hydrogen-bond acceptors (Lipinski definition) is 3. The van der Waals surface area contributed by atoms with Gasteiger partial charge in [-0.15, -0.1) is 0 Å². The molecule has 0 aliphatic carbocycles. The van der Waals surface area contributed by atoms with Crippen LogP contribution in [0.3, 0.4) is 0 Å². The van der Waals surface area contributed by atoms with E-state index in [1.54, 1.807) is 9.80 Å². The van der Waals surface area contributed by atoms with Gasteiger partial charge in [-0.3, -0.25) is 14.4 Å². The van der Waals surface area contributed by atoms with Crippen molar-refractivity contribution >= 4 is 23.9 Å². The van der Waals surface area contributed by atoms with E-state index in [4.69, 9.17) is 0 Å². The van der Waals surface area contributed by atoms with E-state index in [1.807, 2.05) is 32.0 Å². The Morgan fingerprint density at radius 2 is 1.83 bits per heavy atom. The minimum absolute atomic E-state index is 0.0285. The van der Waals surface area contributed by atoms with Crippen LogP contribution in [0, 0.1) is 13.8 Å². The molecule has 2 rings (SSSR count). The summed E-state index contributed by atoms with van der Waals surface area (Å²) in [6.07, 6.45) is 0.805. The molecule has 0 saturated carbocycles. The SMILES string of the molecule is CC(=O)N(CC(=O)N1CCN(C=O)CC1)c1cccc(C)c1C. The van der Waals surface area contributed by atoms with Crippen LogP contribution >= 0.6 is 0 Å². The summed E-state index contributed by atoms with van der Waals surface area (Å²) in [7, 11) is 0. The van der Waals surface area contributed by atoms with Gasteiger partial charge in [0.25, 0.3) is 0 Å². The smallest absolute Gasteiger partial charge is 0.242 e. The van der Waals surface area contributed by atoms with Gasteiger partial charge in [0.05, 0.1) is 0 Å². The molecule has 1 aromatic carbocycles. The van der Waals surface area contributed by atoms with Gasteiger partial charge < -0.3 is 14.7 Å². The number of benzene rings is 1. The average molecular weight is 317 g/mol. The zero-order chi connectivity index (χ0) is 17.0. The van der Waals surface area contributed by atoms with E-state index in [-0.39, 0.29) is 18.4 Å². The van der Waals surface area contributed by atoms with E-state index >= 15 is 0 Å². The molecule has 3 amide bonds. The number of nitrogens with zero attached hydrogens (tertiary/aromatic N) is 3. The van der Waals surface area contributed by atoms with Crippen molar-refractivity contribution in [3.8, 4) is 0 Å². The van der Waals surface area contributed by atoms with Crippen LogP contribution in [0.25, 0.3) is 0 Å². The Morgan fingerprint density at radius 3 is 2.39 bits per heavy atom. The molecule has 0 unspecified atom stereocenters. The lowest BCUT2D eigenvalue weighted by Gasteiger charge is -2.34. The van der Waals surface area contributed by atoms with Gasteiger partial charge >= 0.3 is 0 Å². The Labute approximate surface area is 136 Å². The highest BCUT2D eigenvalue weighted by molar-refractivity contribution is 5.98. The van der Waals surface area contributed by atoms with Crippen LogP contribution in [-0.4, -0.2) is 60.7 Å². The summed E-state index contributed by atoms with van der Waals surface area (Å²) in [5.74, 6) is -0.245. The number of hydrogen-bond donors (Lipinski definition) is 0. The van der Waals surface area contributed by atoms with E-state index in [0.29, 0.717) is 26.2 Å². The second-order valence-corrected chi connectivity index (χ2v) is 5.85. The third-order valence-electron chi connectivity index (χ3n) is 4.36. The van der Waals surface area contributed by atoms with Gasteiger partial charge in [-0.1, -0.05) is 12.1 Å². The molecule has 0 spiro atoms. The molecule has 1 heterocycles. The minimum Gasteiger partial charge on any atom is -0.342 e. The average Bonchev–Trinajstić information content (AvgIpc) is 2.55. The van der Waals surface area contributed by atoms with Crippen LogP contribution in [0.2, 0.25) is 0 Å². The number of anilines is 1. The Bertz CT molecular complexity index is 607. The molecule has 0 radical (unpaired) electrons. The summed E-state index contributed by atoms with van der Waals surface area (Å²) in [6.45, 7) is 7.54. The molecule has 1 aliphatic heterocycles. The largest absolute Gasteiger partial charge is 0.342 e. The minimum atomic E-state index is -0.154. The normalized spacial score (nSPS) is 14.6. The lowest BCUT2D eigenvalue weighted by molar-refractivity contribution is -0.134. The van der Waals surface area contributed by atoms with Crippen molar-refractivity contribution in [3.63, 3.8) is 0 Å². The fraction of sp³-hybridized carbons (Fsp3) is 0.471. The molecule has 0 atom stereocenters. The van der Waals surface area contributed by atoms with Gasteiger partial charge in [0.2, 0.25) is 18.2 Å². The first kappa shape index (κ1) is 17.0. The monoisotopic (exact) mass is 317 g/mol. The van der Waals surface area contributed by atoms with Crippen LogP contribution in [0.5, 0.6) is 0 Å². The number of rotatable bonds is 4. The first-order chi connectivity index (χ1) is 10.9. The van der Waals surface area contributed by atoms with E-state index in [1.165, 1.54) is 11.8 Å². The number of aryl methyl sites for hydroxylation is 1. The Balaban J connectivity index is 2.11. The summed E-state index contributed by atoms with van der Waals surface area (Å²) in [5.41, 5.74) is 2.86. The van der Waals surface area contributed by atoms with Crippen molar-refractivity contribution in [2.24, 2.45) is 0 Å². The number of carbonyl (C=O) groups is 3. The van der Waals surface area contributed by atoms with Crippen molar-refractivity contribution < 1.29 is 14.4 Å². The highest BCUT2D eigenvalue weighted by Crippen LogP contribution is 2.23. The van der Waals surface area contributed by atoms with Crippen LogP contribution in [0.15, 0.2) is 18.2 Å². The maximum atomic E-state index is 12.5. The Kier molecular flexibility index (Phi) is 5.36. The van der Waals surface area contributed by atoms with E-state index < -0.39 is 0 Å². The maximum absolute atomic E-state index is 12.5. The quantitative estimate of drug-likeness (QED) is 0.777. The van der Waals surface area contributed by atoms with Crippen molar-refractivity contribution in [1.29, 1.82) is 0 Å². The van der Waals surface area contributed by atoms with Gasteiger partial charge in [0.1, 0.15) is 6.54 Å². The summed E-state index contributed by atoms with van der Waals surface area (Å²) >= 11 is 0. The molecular formula is C17H23N3O3. The molecule has 23 heavy (non-hydrogen) atoms. The topological polar surface area (TPSA) is 60.9 Å². The molecule has 0 bridgehead atoms. The number of piperazine rings is 1. The van der Waals surface area contributed by atoms with E-state index in [9.17, 15) is 14.4 Å². The second-order valence-electron chi connectivity index (χ2n) is 5.85. The van der Waals surface area contributed by atoms with Gasteiger partial charge in [-0.25, -0.2) is 0 Å². The first-order valence-corrected chi connectivity index (χ1v) is 7.75. The van der Waals surface area contributed by atoms with Crippen LogP contribution in [-0.2, 0) is 14.4 Å². The van der Waals surface area contributed by atoms with Crippen LogP contribution in [0.4, 0.5) is 5.69 Å². The molecule has 1 fully saturated rings. The zero-order valence-electron chi connectivity index (χ0n) is 13.9. The molecule has 0 N–H and O–H groups in total. The molecule has 0 aromatic heterocycles. The van der Waals surface area contributed by atoms with Gasteiger partial charge in [-0.05, 0) is 31.0 Å². The predicted octanol–water partition coefficient (Wildman–Crippen LogP) is 0.957. The predicted molar refractivity (Wildman–Crippen MR) is 88.2 cm³/mol.